The monoisotopic (exact) mass is 446 g/mol. The van der Waals surface area contributed by atoms with Crippen molar-refractivity contribution in [3.63, 3.8) is 0 Å². The molecule has 0 bridgehead atoms. The first-order valence-corrected chi connectivity index (χ1v) is 10.4. The van der Waals surface area contributed by atoms with Gasteiger partial charge in [0.25, 0.3) is 5.91 Å². The molecule has 0 radical (unpaired) electrons. The van der Waals surface area contributed by atoms with Gasteiger partial charge >= 0.3 is 0 Å². The van der Waals surface area contributed by atoms with Crippen LogP contribution in [0.5, 0.6) is 0 Å². The number of hydrogen-bond donors (Lipinski definition) is 2. The van der Waals surface area contributed by atoms with E-state index in [2.05, 4.69) is 25.7 Å². The van der Waals surface area contributed by atoms with Crippen molar-refractivity contribution in [3.8, 4) is 5.82 Å². The van der Waals surface area contributed by atoms with Crippen molar-refractivity contribution in [1.29, 1.82) is 0 Å². The molecule has 1 aromatic carbocycles. The Balaban J connectivity index is 1.37. The average molecular weight is 447 g/mol. The van der Waals surface area contributed by atoms with E-state index in [-0.39, 0.29) is 34.3 Å². The lowest BCUT2D eigenvalue weighted by Crippen LogP contribution is -2.25. The Bertz CT molecular complexity index is 1100. The summed E-state index contributed by atoms with van der Waals surface area (Å²) < 4.78 is 15.3. The molecule has 2 aromatic heterocycles. The fraction of sp³-hybridized carbons (Fsp3) is 0.211. The lowest BCUT2D eigenvalue weighted by molar-refractivity contribution is -0.113. The summed E-state index contributed by atoms with van der Waals surface area (Å²) >= 11 is 6.87. The second-order valence-corrected chi connectivity index (χ2v) is 8.00. The highest BCUT2D eigenvalue weighted by Gasteiger charge is 2.24. The minimum absolute atomic E-state index is 0.0205. The van der Waals surface area contributed by atoms with E-state index in [1.807, 2.05) is 0 Å². The van der Waals surface area contributed by atoms with E-state index in [1.54, 1.807) is 18.3 Å². The number of nitrogens with zero attached hydrogens (tertiary/aromatic N) is 4. The van der Waals surface area contributed by atoms with Gasteiger partial charge in [0.15, 0.2) is 11.5 Å². The summed E-state index contributed by atoms with van der Waals surface area (Å²) in [5.74, 6) is -0.731. The summed E-state index contributed by atoms with van der Waals surface area (Å²) in [7, 11) is 0. The number of nitrogens with one attached hydrogen (secondary N) is 2. The van der Waals surface area contributed by atoms with Crippen LogP contribution in [0.1, 0.15) is 23.3 Å². The zero-order valence-corrected chi connectivity index (χ0v) is 17.1. The number of carbonyl (C=O) groups is 2. The van der Waals surface area contributed by atoms with Crippen LogP contribution in [-0.2, 0) is 4.79 Å². The lowest BCUT2D eigenvalue weighted by atomic mass is 10.3. The van der Waals surface area contributed by atoms with Gasteiger partial charge in [0.05, 0.1) is 11.4 Å². The van der Waals surface area contributed by atoms with Gasteiger partial charge in [-0.1, -0.05) is 23.4 Å². The maximum Gasteiger partial charge on any atom is 0.272 e. The number of amides is 2. The summed E-state index contributed by atoms with van der Waals surface area (Å²) in [6.07, 6.45) is 4.98. The predicted octanol–water partition coefficient (Wildman–Crippen LogP) is 3.08. The molecule has 0 unspecified atom stereocenters. The number of anilines is 1. The standard InChI is InChI=1S/C19H16ClFN6O2S/c20-11-1-4-14(13(21)7-11)25-17(28)9-30-18-8-16(22-10-23-18)27-6-5-15(26-27)19(29)24-12-2-3-12/h1,4-8,10,12H,2-3,9H2,(H,24,29)(H,25,28). The number of carbonyl (C=O) groups excluding carboxylic acids is 2. The first kappa shape index (κ1) is 20.3. The maximum absolute atomic E-state index is 13.8. The van der Waals surface area contributed by atoms with Crippen LogP contribution in [-0.4, -0.2) is 43.4 Å². The molecule has 2 amide bonds. The van der Waals surface area contributed by atoms with E-state index in [0.717, 1.165) is 30.7 Å². The number of hydrogen-bond acceptors (Lipinski definition) is 6. The number of aromatic nitrogens is 4. The molecule has 1 aliphatic rings. The smallest absolute Gasteiger partial charge is 0.272 e. The maximum atomic E-state index is 13.8. The molecule has 4 rings (SSSR count). The molecule has 154 valence electrons. The van der Waals surface area contributed by atoms with E-state index in [9.17, 15) is 14.0 Å². The highest BCUT2D eigenvalue weighted by atomic mass is 35.5. The molecule has 1 fully saturated rings. The molecule has 11 heteroatoms. The van der Waals surface area contributed by atoms with Gasteiger partial charge < -0.3 is 10.6 Å². The molecule has 0 atom stereocenters. The Morgan fingerprint density at radius 2 is 2.07 bits per heavy atom. The van der Waals surface area contributed by atoms with Gasteiger partial charge in [-0.2, -0.15) is 5.10 Å². The number of halogens is 2. The molecule has 2 heterocycles. The molecule has 2 N–H and O–H groups in total. The molecular weight excluding hydrogens is 431 g/mol. The van der Waals surface area contributed by atoms with Crippen molar-refractivity contribution < 1.29 is 14.0 Å². The highest BCUT2D eigenvalue weighted by molar-refractivity contribution is 7.99. The molecule has 1 aliphatic carbocycles. The van der Waals surface area contributed by atoms with E-state index in [4.69, 9.17) is 11.6 Å². The molecule has 0 spiro atoms. The van der Waals surface area contributed by atoms with Gasteiger partial charge in [-0.05, 0) is 37.1 Å². The van der Waals surface area contributed by atoms with Crippen LogP contribution in [0.4, 0.5) is 10.1 Å². The van der Waals surface area contributed by atoms with Crippen LogP contribution in [0, 0.1) is 5.82 Å². The second kappa shape index (κ2) is 8.80. The van der Waals surface area contributed by atoms with Gasteiger partial charge in [0.1, 0.15) is 17.2 Å². The molecule has 1 saturated carbocycles. The minimum Gasteiger partial charge on any atom is -0.348 e. The predicted molar refractivity (Wildman–Crippen MR) is 110 cm³/mol. The fourth-order valence-corrected chi connectivity index (χ4v) is 3.33. The fourth-order valence-electron chi connectivity index (χ4n) is 2.51. The minimum atomic E-state index is -0.606. The Morgan fingerprint density at radius 3 is 2.83 bits per heavy atom. The Kier molecular flexibility index (Phi) is 5.96. The topological polar surface area (TPSA) is 102 Å². The van der Waals surface area contributed by atoms with Crippen LogP contribution < -0.4 is 10.6 Å². The van der Waals surface area contributed by atoms with Gasteiger partial charge in [0, 0.05) is 23.3 Å². The largest absolute Gasteiger partial charge is 0.348 e. The number of benzene rings is 1. The molecular formula is C19H16ClFN6O2S. The Labute approximate surface area is 180 Å². The van der Waals surface area contributed by atoms with Gasteiger partial charge in [-0.25, -0.2) is 19.0 Å². The van der Waals surface area contributed by atoms with Gasteiger partial charge in [-0.15, -0.1) is 0 Å². The normalized spacial score (nSPS) is 13.1. The quantitative estimate of drug-likeness (QED) is 0.427. The third kappa shape index (κ3) is 5.14. The lowest BCUT2D eigenvalue weighted by Gasteiger charge is -2.07. The van der Waals surface area contributed by atoms with Crippen molar-refractivity contribution in [2.45, 2.75) is 23.9 Å². The summed E-state index contributed by atoms with van der Waals surface area (Å²) in [5.41, 5.74) is 0.362. The van der Waals surface area contributed by atoms with Crippen molar-refractivity contribution in [1.82, 2.24) is 25.1 Å². The van der Waals surface area contributed by atoms with Crippen LogP contribution in [0.2, 0.25) is 5.02 Å². The van der Waals surface area contributed by atoms with E-state index < -0.39 is 5.82 Å². The Morgan fingerprint density at radius 1 is 1.23 bits per heavy atom. The molecule has 0 saturated heterocycles. The van der Waals surface area contributed by atoms with Gasteiger partial charge in [-0.3, -0.25) is 9.59 Å². The van der Waals surface area contributed by atoms with E-state index >= 15 is 0 Å². The number of rotatable bonds is 7. The van der Waals surface area contributed by atoms with Crippen molar-refractivity contribution in [2.75, 3.05) is 11.1 Å². The highest BCUT2D eigenvalue weighted by Crippen LogP contribution is 2.21. The summed E-state index contributed by atoms with van der Waals surface area (Å²) in [6, 6.07) is 7.53. The van der Waals surface area contributed by atoms with Crippen molar-refractivity contribution >= 4 is 40.9 Å². The van der Waals surface area contributed by atoms with Crippen LogP contribution in [0.25, 0.3) is 5.82 Å². The van der Waals surface area contributed by atoms with Crippen molar-refractivity contribution in [3.05, 3.63) is 59.4 Å². The third-order valence-corrected chi connectivity index (χ3v) is 5.31. The SMILES string of the molecule is O=C(CSc1cc(-n2ccc(C(=O)NC3CC3)n2)ncn1)Nc1ccc(Cl)cc1F. The number of thioether (sulfide) groups is 1. The summed E-state index contributed by atoms with van der Waals surface area (Å²) in [4.78, 5) is 32.5. The van der Waals surface area contributed by atoms with Crippen LogP contribution in [0.3, 0.4) is 0 Å². The zero-order valence-electron chi connectivity index (χ0n) is 15.5. The average Bonchev–Trinajstić information content (AvgIpc) is 3.39. The second-order valence-electron chi connectivity index (χ2n) is 6.57. The van der Waals surface area contributed by atoms with E-state index in [0.29, 0.717) is 16.5 Å². The van der Waals surface area contributed by atoms with Crippen molar-refractivity contribution in [2.24, 2.45) is 0 Å². The van der Waals surface area contributed by atoms with E-state index in [1.165, 1.54) is 23.1 Å². The summed E-state index contributed by atoms with van der Waals surface area (Å²) in [5, 5.41) is 10.4. The molecule has 0 aliphatic heterocycles. The van der Waals surface area contributed by atoms with Gasteiger partial charge in [0.2, 0.25) is 5.91 Å². The third-order valence-electron chi connectivity index (χ3n) is 4.15. The van der Waals surface area contributed by atoms with Crippen LogP contribution in [0.15, 0.2) is 47.9 Å². The zero-order chi connectivity index (χ0) is 21.1. The molecule has 8 nitrogen and oxygen atoms in total. The summed E-state index contributed by atoms with van der Waals surface area (Å²) in [6.45, 7) is 0. The Hall–Kier alpha value is -2.98. The first-order valence-electron chi connectivity index (χ1n) is 9.04. The molecule has 30 heavy (non-hydrogen) atoms. The molecule has 3 aromatic rings. The first-order chi connectivity index (χ1) is 14.5. The van der Waals surface area contributed by atoms with Crippen LogP contribution >= 0.6 is 23.4 Å².